The van der Waals surface area contributed by atoms with Crippen molar-refractivity contribution in [3.05, 3.63) is 64.2 Å². The number of hydrogen-bond acceptors (Lipinski definition) is 6. The lowest BCUT2D eigenvalue weighted by Gasteiger charge is -2.35. The van der Waals surface area contributed by atoms with Crippen molar-refractivity contribution in [2.75, 3.05) is 39.3 Å². The van der Waals surface area contributed by atoms with Crippen molar-refractivity contribution in [3.8, 4) is 11.8 Å². The Morgan fingerprint density at radius 1 is 1.13 bits per heavy atom. The maximum absolute atomic E-state index is 12.8. The quantitative estimate of drug-likeness (QED) is 0.709. The topological polar surface area (TPSA) is 82.9 Å². The van der Waals surface area contributed by atoms with Crippen LogP contribution in [0.15, 0.2) is 36.4 Å². The number of nitrogens with zero attached hydrogens (tertiary/aromatic N) is 3. The third kappa shape index (κ3) is 3.75. The average molecular weight is 417 g/mol. The van der Waals surface area contributed by atoms with Crippen LogP contribution < -0.4 is 4.74 Å². The minimum absolute atomic E-state index is 0.109. The molecule has 31 heavy (non-hydrogen) atoms. The standard InChI is InChI=1S/C24H23N3O4/c25-12-17-2-1-3-20-19(15-30-23(17)20)13-26-6-8-27(9-7-26)22(28)11-16-4-5-21-18(10-16)14-31-24(21)29/h1-5,10,19H,6-9,11,13-15H2. The summed E-state index contributed by atoms with van der Waals surface area (Å²) < 4.78 is 10.8. The molecule has 2 aromatic carbocycles. The van der Waals surface area contributed by atoms with Crippen molar-refractivity contribution in [2.45, 2.75) is 18.9 Å². The average Bonchev–Trinajstić information content (AvgIpc) is 3.37. The van der Waals surface area contributed by atoms with Gasteiger partial charge < -0.3 is 14.4 Å². The number of hydrogen-bond donors (Lipinski definition) is 0. The molecule has 3 aliphatic heterocycles. The molecule has 0 radical (unpaired) electrons. The van der Waals surface area contributed by atoms with Crippen LogP contribution in [0.3, 0.4) is 0 Å². The predicted molar refractivity (Wildman–Crippen MR) is 112 cm³/mol. The number of esters is 1. The Labute approximate surface area is 180 Å². The van der Waals surface area contributed by atoms with Gasteiger partial charge >= 0.3 is 5.97 Å². The molecule has 1 amide bonds. The Morgan fingerprint density at radius 3 is 2.77 bits per heavy atom. The van der Waals surface area contributed by atoms with Crippen LogP contribution in [0.5, 0.6) is 5.75 Å². The van der Waals surface area contributed by atoms with E-state index in [9.17, 15) is 14.9 Å². The first-order chi connectivity index (χ1) is 15.1. The van der Waals surface area contributed by atoms with Crippen LogP contribution in [0, 0.1) is 11.3 Å². The van der Waals surface area contributed by atoms with E-state index in [1.165, 1.54) is 0 Å². The minimum Gasteiger partial charge on any atom is -0.491 e. The number of piperazine rings is 1. The Kier molecular flexibility index (Phi) is 5.08. The second kappa shape index (κ2) is 8.05. The smallest absolute Gasteiger partial charge is 0.338 e. The van der Waals surface area contributed by atoms with E-state index in [1.807, 2.05) is 29.2 Å². The molecule has 0 spiro atoms. The summed E-state index contributed by atoms with van der Waals surface area (Å²) in [5, 5.41) is 9.25. The fraction of sp³-hybridized carbons (Fsp3) is 0.375. The van der Waals surface area contributed by atoms with Crippen LogP contribution >= 0.6 is 0 Å². The predicted octanol–water partition coefficient (Wildman–Crippen LogP) is 2.09. The fourth-order valence-corrected chi connectivity index (χ4v) is 4.62. The largest absolute Gasteiger partial charge is 0.491 e. The molecule has 0 aliphatic carbocycles. The highest BCUT2D eigenvalue weighted by atomic mass is 16.5. The van der Waals surface area contributed by atoms with E-state index in [0.717, 1.165) is 42.1 Å². The van der Waals surface area contributed by atoms with Gasteiger partial charge in [-0.25, -0.2) is 4.79 Å². The van der Waals surface area contributed by atoms with Gasteiger partial charge in [-0.05, 0) is 17.7 Å². The molecule has 0 N–H and O–H groups in total. The summed E-state index contributed by atoms with van der Waals surface area (Å²) in [7, 11) is 0. The molecule has 1 fully saturated rings. The first-order valence-corrected chi connectivity index (χ1v) is 10.6. The van der Waals surface area contributed by atoms with Gasteiger partial charge in [0.05, 0.1) is 24.2 Å². The van der Waals surface area contributed by atoms with E-state index in [-0.39, 0.29) is 17.8 Å². The maximum atomic E-state index is 12.8. The zero-order chi connectivity index (χ0) is 21.4. The lowest BCUT2D eigenvalue weighted by atomic mass is 9.98. The molecule has 0 bridgehead atoms. The molecule has 7 nitrogen and oxygen atoms in total. The summed E-state index contributed by atoms with van der Waals surface area (Å²) in [5.41, 5.74) is 4.08. The van der Waals surface area contributed by atoms with Gasteiger partial charge in [0, 0.05) is 49.8 Å². The molecule has 1 saturated heterocycles. The number of para-hydroxylation sites is 1. The van der Waals surface area contributed by atoms with Crippen molar-refractivity contribution in [1.29, 1.82) is 5.26 Å². The molecule has 2 aromatic rings. The van der Waals surface area contributed by atoms with Gasteiger partial charge in [0.15, 0.2) is 0 Å². The van der Waals surface area contributed by atoms with Gasteiger partial charge in [-0.15, -0.1) is 0 Å². The van der Waals surface area contributed by atoms with Crippen molar-refractivity contribution in [3.63, 3.8) is 0 Å². The number of fused-ring (bicyclic) bond motifs is 2. The normalized spacial score (nSPS) is 19.9. The molecule has 0 aromatic heterocycles. The third-order valence-electron chi connectivity index (χ3n) is 6.34. The lowest BCUT2D eigenvalue weighted by molar-refractivity contribution is -0.132. The van der Waals surface area contributed by atoms with Gasteiger partial charge in [0.2, 0.25) is 5.91 Å². The van der Waals surface area contributed by atoms with E-state index >= 15 is 0 Å². The Hall–Kier alpha value is -3.37. The number of cyclic esters (lactones) is 1. The molecule has 7 heteroatoms. The Bertz CT molecular complexity index is 1080. The zero-order valence-electron chi connectivity index (χ0n) is 17.2. The van der Waals surface area contributed by atoms with Crippen molar-refractivity contribution in [2.24, 2.45) is 0 Å². The zero-order valence-corrected chi connectivity index (χ0v) is 17.2. The van der Waals surface area contributed by atoms with Crippen LogP contribution in [-0.4, -0.2) is 61.0 Å². The molecule has 3 aliphatic rings. The summed E-state index contributed by atoms with van der Waals surface area (Å²) in [6, 6.07) is 13.4. The van der Waals surface area contributed by atoms with Crippen LogP contribution in [0.4, 0.5) is 0 Å². The summed E-state index contributed by atoms with van der Waals surface area (Å²) in [6.45, 7) is 4.79. The number of nitriles is 1. The van der Waals surface area contributed by atoms with Gasteiger partial charge in [0.25, 0.3) is 0 Å². The first-order valence-electron chi connectivity index (χ1n) is 10.6. The van der Waals surface area contributed by atoms with Gasteiger partial charge in [-0.2, -0.15) is 5.26 Å². The number of benzene rings is 2. The SMILES string of the molecule is N#Cc1cccc2c1OCC2CN1CCN(C(=O)Cc2ccc3c(c2)COC3=O)CC1. The Balaban J connectivity index is 1.15. The number of carbonyl (C=O) groups is 2. The number of ether oxygens (including phenoxy) is 2. The maximum Gasteiger partial charge on any atom is 0.338 e. The van der Waals surface area contributed by atoms with Gasteiger partial charge in [-0.1, -0.05) is 24.3 Å². The van der Waals surface area contributed by atoms with Gasteiger partial charge in [0.1, 0.15) is 18.4 Å². The highest BCUT2D eigenvalue weighted by Crippen LogP contribution is 2.37. The molecular weight excluding hydrogens is 394 g/mol. The van der Waals surface area contributed by atoms with Crippen LogP contribution in [0.1, 0.15) is 38.5 Å². The summed E-state index contributed by atoms with van der Waals surface area (Å²) >= 11 is 0. The minimum atomic E-state index is -0.289. The number of rotatable bonds is 4. The van der Waals surface area contributed by atoms with Crippen LogP contribution in [0.2, 0.25) is 0 Å². The summed E-state index contributed by atoms with van der Waals surface area (Å²) in [5.74, 6) is 0.799. The summed E-state index contributed by atoms with van der Waals surface area (Å²) in [6.07, 6.45) is 0.336. The van der Waals surface area contributed by atoms with Crippen molar-refractivity contribution < 1.29 is 19.1 Å². The second-order valence-electron chi connectivity index (χ2n) is 8.27. The molecule has 3 heterocycles. The van der Waals surface area contributed by atoms with E-state index in [1.54, 1.807) is 12.1 Å². The first kappa shape index (κ1) is 19.6. The van der Waals surface area contributed by atoms with Crippen LogP contribution in [0.25, 0.3) is 0 Å². The summed E-state index contributed by atoms with van der Waals surface area (Å²) in [4.78, 5) is 28.6. The molecular formula is C24H23N3O4. The third-order valence-corrected chi connectivity index (χ3v) is 6.34. The molecule has 5 rings (SSSR count). The van der Waals surface area contributed by atoms with E-state index in [2.05, 4.69) is 11.0 Å². The molecule has 1 unspecified atom stereocenters. The van der Waals surface area contributed by atoms with Gasteiger partial charge in [-0.3, -0.25) is 9.69 Å². The highest BCUT2D eigenvalue weighted by molar-refractivity contribution is 5.93. The number of carbonyl (C=O) groups excluding carboxylic acids is 2. The number of amides is 1. The Morgan fingerprint density at radius 2 is 1.97 bits per heavy atom. The van der Waals surface area contributed by atoms with Crippen molar-refractivity contribution >= 4 is 11.9 Å². The van der Waals surface area contributed by atoms with Crippen molar-refractivity contribution in [1.82, 2.24) is 9.80 Å². The molecule has 0 saturated carbocycles. The highest BCUT2D eigenvalue weighted by Gasteiger charge is 2.30. The van der Waals surface area contributed by atoms with E-state index < -0.39 is 0 Å². The second-order valence-corrected chi connectivity index (χ2v) is 8.27. The monoisotopic (exact) mass is 417 g/mol. The van der Waals surface area contributed by atoms with Crippen LogP contribution in [-0.2, 0) is 22.6 Å². The molecule has 1 atom stereocenters. The fourth-order valence-electron chi connectivity index (χ4n) is 4.62. The van der Waals surface area contributed by atoms with E-state index in [0.29, 0.717) is 43.9 Å². The molecule has 158 valence electrons. The van der Waals surface area contributed by atoms with E-state index in [4.69, 9.17) is 9.47 Å². The lowest BCUT2D eigenvalue weighted by Crippen LogP contribution is -2.50.